The lowest BCUT2D eigenvalue weighted by Gasteiger charge is -2.19. The summed E-state index contributed by atoms with van der Waals surface area (Å²) >= 11 is 5.79. The van der Waals surface area contributed by atoms with Crippen LogP contribution < -0.4 is 10.6 Å². The van der Waals surface area contributed by atoms with Gasteiger partial charge in [0.25, 0.3) is 5.91 Å². The number of nitrogen functional groups attached to an aromatic ring is 1. The normalized spacial score (nSPS) is 9.83. The van der Waals surface area contributed by atoms with Gasteiger partial charge < -0.3 is 10.5 Å². The number of halogens is 1. The largest absolute Gasteiger partial charge is 0.452 e. The summed E-state index contributed by atoms with van der Waals surface area (Å²) in [4.78, 5) is 25.5. The maximum Gasteiger partial charge on any atom is 0.338 e. The maximum absolute atomic E-state index is 12.2. The summed E-state index contributed by atoms with van der Waals surface area (Å²) in [5, 5.41) is 9.21. The van der Waals surface area contributed by atoms with Crippen molar-refractivity contribution < 1.29 is 14.3 Å². The Hall–Kier alpha value is -3.04. The topological polar surface area (TPSA) is 96.4 Å². The molecule has 0 saturated heterocycles. The number of ether oxygens (including phenoxy) is 1. The monoisotopic (exact) mass is 343 g/mol. The highest BCUT2D eigenvalue weighted by atomic mass is 35.5. The van der Waals surface area contributed by atoms with E-state index in [2.05, 4.69) is 0 Å². The summed E-state index contributed by atoms with van der Waals surface area (Å²) in [5.74, 6) is -1.20. The van der Waals surface area contributed by atoms with Gasteiger partial charge in [-0.1, -0.05) is 29.8 Å². The first kappa shape index (κ1) is 17.3. The number of anilines is 2. The van der Waals surface area contributed by atoms with Crippen LogP contribution in [0.2, 0.25) is 5.02 Å². The summed E-state index contributed by atoms with van der Waals surface area (Å²) in [6.45, 7) is -0.633. The molecule has 0 aliphatic heterocycles. The van der Waals surface area contributed by atoms with Crippen molar-refractivity contribution >= 4 is 34.9 Å². The van der Waals surface area contributed by atoms with Crippen molar-refractivity contribution in [1.82, 2.24) is 0 Å². The lowest BCUT2D eigenvalue weighted by Crippen LogP contribution is -2.35. The fourth-order valence-electron chi connectivity index (χ4n) is 1.96. The van der Waals surface area contributed by atoms with Crippen LogP contribution in [0.3, 0.4) is 0 Å². The molecule has 0 unspecified atom stereocenters. The fraction of sp³-hybridized carbons (Fsp3) is 0.118. The molecule has 0 atom stereocenters. The number of amides is 1. The van der Waals surface area contributed by atoms with E-state index in [1.807, 2.05) is 6.07 Å². The van der Waals surface area contributed by atoms with Crippen molar-refractivity contribution in [1.29, 1.82) is 5.26 Å². The highest BCUT2D eigenvalue weighted by molar-refractivity contribution is 6.33. The Balaban J connectivity index is 2.04. The number of nitriles is 1. The second-order valence-electron chi connectivity index (χ2n) is 4.79. The van der Waals surface area contributed by atoms with E-state index < -0.39 is 18.5 Å². The lowest BCUT2D eigenvalue weighted by atomic mass is 10.2. The molecule has 0 heterocycles. The summed E-state index contributed by atoms with van der Waals surface area (Å²) in [7, 11) is 0. The van der Waals surface area contributed by atoms with E-state index in [1.54, 1.807) is 30.3 Å². The van der Waals surface area contributed by atoms with Gasteiger partial charge in [-0.2, -0.15) is 5.26 Å². The minimum atomic E-state index is -0.698. The number of para-hydroxylation sites is 1. The van der Waals surface area contributed by atoms with Crippen LogP contribution in [0.15, 0.2) is 48.5 Å². The van der Waals surface area contributed by atoms with Crippen molar-refractivity contribution in [3.63, 3.8) is 0 Å². The van der Waals surface area contributed by atoms with Gasteiger partial charge in [-0.3, -0.25) is 9.69 Å². The second-order valence-corrected chi connectivity index (χ2v) is 5.19. The summed E-state index contributed by atoms with van der Waals surface area (Å²) in [6, 6.07) is 14.9. The van der Waals surface area contributed by atoms with Gasteiger partial charge in [0.1, 0.15) is 6.54 Å². The van der Waals surface area contributed by atoms with E-state index in [-0.39, 0.29) is 17.8 Å². The van der Waals surface area contributed by atoms with Gasteiger partial charge in [0.2, 0.25) is 0 Å². The molecule has 2 aromatic rings. The van der Waals surface area contributed by atoms with E-state index in [1.165, 1.54) is 23.1 Å². The second kappa shape index (κ2) is 7.99. The SMILES string of the molecule is N#CCN(C(=O)COC(=O)c1ccc(Cl)c(N)c1)c1ccccc1. The van der Waals surface area contributed by atoms with Crippen molar-refractivity contribution in [3.05, 3.63) is 59.1 Å². The predicted molar refractivity (Wildman–Crippen MR) is 90.6 cm³/mol. The van der Waals surface area contributed by atoms with Crippen molar-refractivity contribution in [2.24, 2.45) is 0 Å². The van der Waals surface area contributed by atoms with E-state index in [0.717, 1.165) is 0 Å². The summed E-state index contributed by atoms with van der Waals surface area (Å²) in [5.41, 5.74) is 6.61. The number of hydrogen-bond donors (Lipinski definition) is 1. The average Bonchev–Trinajstić information content (AvgIpc) is 2.60. The van der Waals surface area contributed by atoms with E-state index in [0.29, 0.717) is 10.7 Å². The number of rotatable bonds is 5. The van der Waals surface area contributed by atoms with Crippen molar-refractivity contribution in [2.45, 2.75) is 0 Å². The van der Waals surface area contributed by atoms with Gasteiger partial charge in [-0.15, -0.1) is 0 Å². The summed E-state index contributed by atoms with van der Waals surface area (Å²) < 4.78 is 5.00. The molecule has 1 amide bonds. The molecule has 0 radical (unpaired) electrons. The smallest absolute Gasteiger partial charge is 0.338 e. The number of hydrogen-bond acceptors (Lipinski definition) is 5. The van der Waals surface area contributed by atoms with E-state index in [9.17, 15) is 9.59 Å². The van der Waals surface area contributed by atoms with Crippen LogP contribution >= 0.6 is 11.6 Å². The molecular weight excluding hydrogens is 330 g/mol. The molecule has 0 fully saturated rings. The predicted octanol–water partition coefficient (Wildman–Crippen LogP) is 2.64. The Kier molecular flexibility index (Phi) is 5.77. The van der Waals surface area contributed by atoms with Gasteiger partial charge >= 0.3 is 5.97 Å². The zero-order chi connectivity index (χ0) is 17.5. The lowest BCUT2D eigenvalue weighted by molar-refractivity contribution is -0.121. The van der Waals surface area contributed by atoms with Gasteiger partial charge in [-0.25, -0.2) is 4.79 Å². The molecular formula is C17H14ClN3O3. The van der Waals surface area contributed by atoms with Gasteiger partial charge in [0.15, 0.2) is 6.61 Å². The van der Waals surface area contributed by atoms with E-state index >= 15 is 0 Å². The minimum absolute atomic E-state index is 0.145. The van der Waals surface area contributed by atoms with Crippen LogP contribution in [-0.2, 0) is 9.53 Å². The Labute approximate surface area is 144 Å². The third kappa shape index (κ3) is 4.24. The Morgan fingerprint density at radius 2 is 1.92 bits per heavy atom. The van der Waals surface area contributed by atoms with Gasteiger partial charge in [0, 0.05) is 5.69 Å². The molecule has 0 bridgehead atoms. The number of carbonyl (C=O) groups excluding carboxylic acids is 2. The molecule has 2 rings (SSSR count). The molecule has 0 aromatic heterocycles. The third-order valence-electron chi connectivity index (χ3n) is 3.16. The van der Waals surface area contributed by atoms with Crippen LogP contribution in [0.1, 0.15) is 10.4 Å². The van der Waals surface area contributed by atoms with Crippen molar-refractivity contribution in [3.8, 4) is 6.07 Å². The molecule has 0 spiro atoms. The Morgan fingerprint density at radius 3 is 2.54 bits per heavy atom. The van der Waals surface area contributed by atoms with E-state index in [4.69, 9.17) is 27.3 Å². The van der Waals surface area contributed by atoms with Gasteiger partial charge in [0.05, 0.1) is 22.3 Å². The summed E-state index contributed by atoms with van der Waals surface area (Å²) in [6.07, 6.45) is 0. The van der Waals surface area contributed by atoms with Crippen LogP contribution in [-0.4, -0.2) is 25.0 Å². The molecule has 0 aliphatic rings. The average molecular weight is 344 g/mol. The zero-order valence-corrected chi connectivity index (χ0v) is 13.4. The quantitative estimate of drug-likeness (QED) is 0.511. The maximum atomic E-state index is 12.2. The molecule has 122 valence electrons. The fourth-order valence-corrected chi connectivity index (χ4v) is 2.08. The first-order valence-electron chi connectivity index (χ1n) is 6.97. The number of esters is 1. The first-order valence-corrected chi connectivity index (χ1v) is 7.35. The molecule has 2 aromatic carbocycles. The standard InChI is InChI=1S/C17H14ClN3O3/c18-14-7-6-12(10-15(14)20)17(23)24-11-16(22)21(9-8-19)13-4-2-1-3-5-13/h1-7,10H,9,11,20H2. The highest BCUT2D eigenvalue weighted by Gasteiger charge is 2.18. The minimum Gasteiger partial charge on any atom is -0.452 e. The number of carbonyl (C=O) groups is 2. The number of benzene rings is 2. The molecule has 0 aliphatic carbocycles. The van der Waals surface area contributed by atoms with Crippen LogP contribution in [0, 0.1) is 11.3 Å². The molecule has 2 N–H and O–H groups in total. The molecule has 0 saturated carbocycles. The Bertz CT molecular complexity index is 787. The van der Waals surface area contributed by atoms with Crippen LogP contribution in [0.4, 0.5) is 11.4 Å². The number of nitrogens with two attached hydrogens (primary N) is 1. The highest BCUT2D eigenvalue weighted by Crippen LogP contribution is 2.20. The van der Waals surface area contributed by atoms with Crippen LogP contribution in [0.5, 0.6) is 0 Å². The molecule has 24 heavy (non-hydrogen) atoms. The zero-order valence-electron chi connectivity index (χ0n) is 12.6. The van der Waals surface area contributed by atoms with Gasteiger partial charge in [-0.05, 0) is 30.3 Å². The molecule has 6 nitrogen and oxygen atoms in total. The van der Waals surface area contributed by atoms with Crippen molar-refractivity contribution in [2.75, 3.05) is 23.8 Å². The number of nitrogens with zero attached hydrogens (tertiary/aromatic N) is 2. The van der Waals surface area contributed by atoms with Crippen LogP contribution in [0.25, 0.3) is 0 Å². The third-order valence-corrected chi connectivity index (χ3v) is 3.50. The first-order chi connectivity index (χ1) is 11.5. The Morgan fingerprint density at radius 1 is 1.21 bits per heavy atom. The molecule has 7 heteroatoms.